The van der Waals surface area contributed by atoms with Crippen molar-refractivity contribution in [1.82, 2.24) is 10.6 Å². The molecule has 0 aliphatic carbocycles. The molecule has 0 spiro atoms. The lowest BCUT2D eigenvalue weighted by molar-refractivity contribution is -0.123. The molecule has 1 amide bonds. The fourth-order valence-electron chi connectivity index (χ4n) is 1.54. The van der Waals surface area contributed by atoms with Crippen LogP contribution in [-0.4, -0.2) is 25.1 Å². The number of amides is 1. The number of carbonyl (C=O) groups is 1. The Hall–Kier alpha value is -1.55. The zero-order valence-electron chi connectivity index (χ0n) is 12.0. The van der Waals surface area contributed by atoms with E-state index in [0.717, 1.165) is 25.3 Å². The number of carbonyl (C=O) groups excluding carboxylic acids is 1. The van der Waals surface area contributed by atoms with E-state index in [-0.39, 0.29) is 18.6 Å². The maximum Gasteiger partial charge on any atom is 0.258 e. The number of benzene rings is 1. The minimum Gasteiger partial charge on any atom is -0.484 e. The van der Waals surface area contributed by atoms with Gasteiger partial charge in [-0.15, -0.1) is 0 Å². The zero-order valence-corrected chi connectivity index (χ0v) is 12.0. The van der Waals surface area contributed by atoms with Crippen LogP contribution in [0.2, 0.25) is 0 Å². The molecule has 19 heavy (non-hydrogen) atoms. The van der Waals surface area contributed by atoms with E-state index in [4.69, 9.17) is 4.74 Å². The Morgan fingerprint density at radius 1 is 1.26 bits per heavy atom. The number of rotatable bonds is 8. The van der Waals surface area contributed by atoms with Crippen molar-refractivity contribution in [2.45, 2.75) is 39.8 Å². The van der Waals surface area contributed by atoms with Gasteiger partial charge in [0.05, 0.1) is 0 Å². The number of hydrogen-bond donors (Lipinski definition) is 2. The van der Waals surface area contributed by atoms with E-state index in [9.17, 15) is 4.79 Å². The van der Waals surface area contributed by atoms with Crippen LogP contribution in [0.15, 0.2) is 24.3 Å². The van der Waals surface area contributed by atoms with Crippen LogP contribution < -0.4 is 15.4 Å². The van der Waals surface area contributed by atoms with Crippen molar-refractivity contribution in [3.63, 3.8) is 0 Å². The first-order chi connectivity index (χ1) is 9.15. The molecule has 0 radical (unpaired) electrons. The summed E-state index contributed by atoms with van der Waals surface area (Å²) in [7, 11) is 0. The van der Waals surface area contributed by atoms with Gasteiger partial charge in [0.2, 0.25) is 0 Å². The smallest absolute Gasteiger partial charge is 0.258 e. The van der Waals surface area contributed by atoms with Crippen LogP contribution in [0.3, 0.4) is 0 Å². The number of ether oxygens (including phenoxy) is 1. The van der Waals surface area contributed by atoms with E-state index in [1.807, 2.05) is 38.1 Å². The van der Waals surface area contributed by atoms with Gasteiger partial charge in [0.25, 0.3) is 5.91 Å². The minimum absolute atomic E-state index is 0.0664. The quantitative estimate of drug-likeness (QED) is 0.756. The van der Waals surface area contributed by atoms with Crippen molar-refractivity contribution in [2.75, 3.05) is 13.2 Å². The van der Waals surface area contributed by atoms with E-state index < -0.39 is 0 Å². The SMILES string of the molecule is CCNCc1ccc(OCC(=O)NC(C)CC)cc1. The molecule has 0 saturated heterocycles. The largest absolute Gasteiger partial charge is 0.484 e. The van der Waals surface area contributed by atoms with Crippen molar-refractivity contribution < 1.29 is 9.53 Å². The van der Waals surface area contributed by atoms with Crippen LogP contribution >= 0.6 is 0 Å². The maximum absolute atomic E-state index is 11.5. The van der Waals surface area contributed by atoms with Gasteiger partial charge in [0.15, 0.2) is 6.61 Å². The van der Waals surface area contributed by atoms with E-state index in [0.29, 0.717) is 0 Å². The van der Waals surface area contributed by atoms with Crippen molar-refractivity contribution in [3.8, 4) is 5.75 Å². The molecule has 106 valence electrons. The Labute approximate surface area is 115 Å². The molecular weight excluding hydrogens is 240 g/mol. The molecule has 2 N–H and O–H groups in total. The van der Waals surface area contributed by atoms with Gasteiger partial charge >= 0.3 is 0 Å². The van der Waals surface area contributed by atoms with Gasteiger partial charge in [-0.25, -0.2) is 0 Å². The number of hydrogen-bond acceptors (Lipinski definition) is 3. The highest BCUT2D eigenvalue weighted by Crippen LogP contribution is 2.11. The van der Waals surface area contributed by atoms with Gasteiger partial charge in [0, 0.05) is 12.6 Å². The van der Waals surface area contributed by atoms with Crippen LogP contribution in [0, 0.1) is 0 Å². The summed E-state index contributed by atoms with van der Waals surface area (Å²) in [6.07, 6.45) is 0.921. The molecule has 0 aromatic heterocycles. The summed E-state index contributed by atoms with van der Waals surface area (Å²) in [6.45, 7) is 7.96. The third kappa shape index (κ3) is 6.25. The molecule has 1 atom stereocenters. The van der Waals surface area contributed by atoms with E-state index in [1.54, 1.807) is 0 Å². The van der Waals surface area contributed by atoms with E-state index in [2.05, 4.69) is 17.6 Å². The first-order valence-corrected chi connectivity index (χ1v) is 6.87. The molecule has 0 aliphatic heterocycles. The molecular formula is C15H24N2O2. The lowest BCUT2D eigenvalue weighted by Crippen LogP contribution is -2.35. The predicted molar refractivity (Wildman–Crippen MR) is 77.2 cm³/mol. The molecule has 0 heterocycles. The Morgan fingerprint density at radius 2 is 1.95 bits per heavy atom. The highest BCUT2D eigenvalue weighted by Gasteiger charge is 2.06. The third-order valence-electron chi connectivity index (χ3n) is 2.89. The van der Waals surface area contributed by atoms with Crippen LogP contribution in [0.1, 0.15) is 32.8 Å². The molecule has 0 bridgehead atoms. The van der Waals surface area contributed by atoms with E-state index >= 15 is 0 Å². The molecule has 0 aliphatic rings. The molecule has 4 nitrogen and oxygen atoms in total. The van der Waals surface area contributed by atoms with Crippen molar-refractivity contribution in [1.29, 1.82) is 0 Å². The average Bonchev–Trinajstić information content (AvgIpc) is 2.43. The van der Waals surface area contributed by atoms with Crippen molar-refractivity contribution in [2.24, 2.45) is 0 Å². The summed E-state index contributed by atoms with van der Waals surface area (Å²) in [6, 6.07) is 7.99. The summed E-state index contributed by atoms with van der Waals surface area (Å²) in [5.74, 6) is 0.644. The lowest BCUT2D eigenvalue weighted by Gasteiger charge is -2.12. The Balaban J connectivity index is 2.35. The molecule has 1 aromatic rings. The second kappa shape index (κ2) is 8.53. The second-order valence-corrected chi connectivity index (χ2v) is 4.59. The third-order valence-corrected chi connectivity index (χ3v) is 2.89. The molecule has 1 rings (SSSR count). The van der Waals surface area contributed by atoms with Gasteiger partial charge in [0.1, 0.15) is 5.75 Å². The van der Waals surface area contributed by atoms with Gasteiger partial charge in [-0.1, -0.05) is 26.0 Å². The van der Waals surface area contributed by atoms with Gasteiger partial charge in [-0.3, -0.25) is 4.79 Å². The second-order valence-electron chi connectivity index (χ2n) is 4.59. The van der Waals surface area contributed by atoms with Gasteiger partial charge in [-0.05, 0) is 37.6 Å². The summed E-state index contributed by atoms with van der Waals surface area (Å²) >= 11 is 0. The Morgan fingerprint density at radius 3 is 2.53 bits per heavy atom. The van der Waals surface area contributed by atoms with Crippen molar-refractivity contribution >= 4 is 5.91 Å². The normalized spacial score (nSPS) is 11.9. The molecule has 0 fully saturated rings. The Bertz CT molecular complexity index is 376. The number of nitrogens with one attached hydrogen (secondary N) is 2. The zero-order chi connectivity index (χ0) is 14.1. The molecule has 4 heteroatoms. The van der Waals surface area contributed by atoms with Gasteiger partial charge < -0.3 is 15.4 Å². The molecule has 0 saturated carbocycles. The maximum atomic E-state index is 11.5. The summed E-state index contributed by atoms with van der Waals surface area (Å²) < 4.78 is 5.44. The standard InChI is InChI=1S/C15H24N2O2/c1-4-12(3)17-15(18)11-19-14-8-6-13(7-9-14)10-16-5-2/h6-9,12,16H,4-5,10-11H2,1-3H3,(H,17,18). The summed E-state index contributed by atoms with van der Waals surface area (Å²) in [4.78, 5) is 11.5. The van der Waals surface area contributed by atoms with Crippen LogP contribution in [0.25, 0.3) is 0 Å². The van der Waals surface area contributed by atoms with Crippen molar-refractivity contribution in [3.05, 3.63) is 29.8 Å². The lowest BCUT2D eigenvalue weighted by atomic mass is 10.2. The highest BCUT2D eigenvalue weighted by molar-refractivity contribution is 5.77. The fraction of sp³-hybridized carbons (Fsp3) is 0.533. The predicted octanol–water partition coefficient (Wildman–Crippen LogP) is 2.09. The summed E-state index contributed by atoms with van der Waals surface area (Å²) in [5.41, 5.74) is 1.21. The first kappa shape index (κ1) is 15.5. The van der Waals surface area contributed by atoms with Crippen LogP contribution in [0.5, 0.6) is 5.75 Å². The highest BCUT2D eigenvalue weighted by atomic mass is 16.5. The molecule has 1 unspecified atom stereocenters. The van der Waals surface area contributed by atoms with E-state index in [1.165, 1.54) is 5.56 Å². The topological polar surface area (TPSA) is 50.4 Å². The molecule has 1 aromatic carbocycles. The van der Waals surface area contributed by atoms with Crippen LogP contribution in [0.4, 0.5) is 0 Å². The fourth-order valence-corrected chi connectivity index (χ4v) is 1.54. The first-order valence-electron chi connectivity index (χ1n) is 6.87. The van der Waals surface area contributed by atoms with Crippen LogP contribution in [-0.2, 0) is 11.3 Å². The Kier molecular flexibility index (Phi) is 6.97. The van der Waals surface area contributed by atoms with Gasteiger partial charge in [-0.2, -0.15) is 0 Å². The summed E-state index contributed by atoms with van der Waals surface area (Å²) in [5, 5.41) is 6.12. The monoisotopic (exact) mass is 264 g/mol. The minimum atomic E-state index is -0.0777. The average molecular weight is 264 g/mol.